The summed E-state index contributed by atoms with van der Waals surface area (Å²) in [5.41, 5.74) is 1.00. The highest BCUT2D eigenvalue weighted by molar-refractivity contribution is 6.62. The number of amides is 1. The minimum atomic E-state index is -0.584. The van der Waals surface area contributed by atoms with Crippen molar-refractivity contribution in [3.63, 3.8) is 0 Å². The van der Waals surface area contributed by atoms with Gasteiger partial charge in [-0.05, 0) is 75.5 Å². The van der Waals surface area contributed by atoms with Gasteiger partial charge in [-0.3, -0.25) is 4.79 Å². The molecule has 0 unspecified atom stereocenters. The summed E-state index contributed by atoms with van der Waals surface area (Å²) in [5, 5.41) is 13.3. The Balaban J connectivity index is 1.45. The molecule has 2 aliphatic heterocycles. The summed E-state index contributed by atoms with van der Waals surface area (Å²) in [6.07, 6.45) is 0.533. The smallest absolute Gasteiger partial charge is 0.494 e. The first-order valence-electron chi connectivity index (χ1n) is 10.4. The molecule has 0 spiro atoms. The number of phenolic OH excluding ortho intramolecular Hbond substituents is 1. The lowest BCUT2D eigenvalue weighted by molar-refractivity contribution is -0.121. The Kier molecular flexibility index (Phi) is 5.39. The molecule has 0 aliphatic carbocycles. The third-order valence-corrected chi connectivity index (χ3v) is 6.35. The number of hydrogen-bond acceptors (Lipinski definition) is 6. The highest BCUT2D eigenvalue weighted by atomic mass is 16.7. The van der Waals surface area contributed by atoms with Gasteiger partial charge in [-0.15, -0.1) is 0 Å². The van der Waals surface area contributed by atoms with Crippen LogP contribution in [-0.4, -0.2) is 43.1 Å². The van der Waals surface area contributed by atoms with E-state index in [4.69, 9.17) is 18.8 Å². The van der Waals surface area contributed by atoms with Crippen molar-refractivity contribution in [1.82, 2.24) is 0 Å². The Bertz CT molecular complexity index is 990. The molecule has 164 valence electrons. The maximum atomic E-state index is 12.8. The Hall–Kier alpha value is -2.71. The topological polar surface area (TPSA) is 86.3 Å². The number of carbonyl (C=O) groups is 1. The van der Waals surface area contributed by atoms with Crippen LogP contribution in [-0.2, 0) is 20.5 Å². The van der Waals surface area contributed by atoms with Crippen LogP contribution in [0.15, 0.2) is 36.4 Å². The van der Waals surface area contributed by atoms with E-state index in [0.717, 1.165) is 17.1 Å². The van der Waals surface area contributed by atoms with E-state index in [9.17, 15) is 9.90 Å². The lowest BCUT2D eigenvalue weighted by Crippen LogP contribution is -2.41. The molecule has 4 rings (SSSR count). The molecular formula is C23H28BNO6. The molecule has 1 fully saturated rings. The van der Waals surface area contributed by atoms with Crippen LogP contribution in [0.4, 0.5) is 5.69 Å². The number of ether oxygens (including phenoxy) is 2. The highest BCUT2D eigenvalue weighted by Crippen LogP contribution is 2.37. The zero-order valence-corrected chi connectivity index (χ0v) is 18.5. The monoisotopic (exact) mass is 425 g/mol. The molecule has 1 saturated heterocycles. The highest BCUT2D eigenvalue weighted by Gasteiger charge is 2.51. The first-order chi connectivity index (χ1) is 14.6. The third kappa shape index (κ3) is 4.10. The van der Waals surface area contributed by atoms with E-state index < -0.39 is 18.3 Å². The van der Waals surface area contributed by atoms with Crippen molar-refractivity contribution >= 4 is 24.2 Å². The Morgan fingerprint density at radius 3 is 2.48 bits per heavy atom. The van der Waals surface area contributed by atoms with Crippen molar-refractivity contribution in [2.24, 2.45) is 5.92 Å². The van der Waals surface area contributed by atoms with Gasteiger partial charge in [0.05, 0.1) is 29.9 Å². The lowest BCUT2D eigenvalue weighted by Gasteiger charge is -2.32. The van der Waals surface area contributed by atoms with E-state index in [1.165, 1.54) is 0 Å². The first kappa shape index (κ1) is 21.5. The fourth-order valence-electron chi connectivity index (χ4n) is 3.68. The lowest BCUT2D eigenvalue weighted by atomic mass is 9.79. The molecule has 2 aliphatic rings. The number of rotatable bonds is 4. The van der Waals surface area contributed by atoms with Gasteiger partial charge in [-0.25, -0.2) is 0 Å². The van der Waals surface area contributed by atoms with Gasteiger partial charge in [0.25, 0.3) is 0 Å². The van der Waals surface area contributed by atoms with Crippen LogP contribution in [0.25, 0.3) is 0 Å². The Morgan fingerprint density at radius 2 is 1.84 bits per heavy atom. The first-order valence-corrected chi connectivity index (χ1v) is 10.4. The number of fused-ring (bicyclic) bond motifs is 1. The zero-order valence-electron chi connectivity index (χ0n) is 18.5. The van der Waals surface area contributed by atoms with E-state index in [1.807, 2.05) is 45.9 Å². The van der Waals surface area contributed by atoms with Crippen molar-refractivity contribution in [2.75, 3.05) is 19.0 Å². The second kappa shape index (κ2) is 7.77. The maximum absolute atomic E-state index is 12.8. The van der Waals surface area contributed by atoms with Crippen LogP contribution in [0.1, 0.15) is 33.3 Å². The van der Waals surface area contributed by atoms with Crippen molar-refractivity contribution in [3.05, 3.63) is 42.0 Å². The molecule has 1 atom stereocenters. The molecule has 7 nitrogen and oxygen atoms in total. The van der Waals surface area contributed by atoms with E-state index >= 15 is 0 Å². The van der Waals surface area contributed by atoms with Gasteiger partial charge in [0.15, 0.2) is 0 Å². The predicted molar refractivity (Wildman–Crippen MR) is 118 cm³/mol. The molecule has 31 heavy (non-hydrogen) atoms. The van der Waals surface area contributed by atoms with E-state index in [0.29, 0.717) is 17.6 Å². The number of carbonyl (C=O) groups excluding carboxylic acids is 1. The summed E-state index contributed by atoms with van der Waals surface area (Å²) in [4.78, 5) is 12.8. The van der Waals surface area contributed by atoms with Gasteiger partial charge in [0.2, 0.25) is 5.91 Å². The average Bonchev–Trinajstić information content (AvgIpc) is 2.95. The molecule has 2 aromatic rings. The predicted octanol–water partition coefficient (Wildman–Crippen LogP) is 2.89. The van der Waals surface area contributed by atoms with E-state index in [2.05, 4.69) is 5.32 Å². The fourth-order valence-corrected chi connectivity index (χ4v) is 3.68. The maximum Gasteiger partial charge on any atom is 0.494 e. The van der Waals surface area contributed by atoms with E-state index in [-0.39, 0.29) is 24.2 Å². The van der Waals surface area contributed by atoms with Crippen LogP contribution in [0.3, 0.4) is 0 Å². The zero-order chi connectivity index (χ0) is 22.4. The second-order valence-corrected chi connectivity index (χ2v) is 9.04. The quantitative estimate of drug-likeness (QED) is 0.579. The molecule has 2 N–H and O–H groups in total. The Morgan fingerprint density at radius 1 is 1.13 bits per heavy atom. The number of anilines is 1. The number of hydrogen-bond donors (Lipinski definition) is 2. The number of nitrogens with one attached hydrogen (secondary N) is 1. The summed E-state index contributed by atoms with van der Waals surface area (Å²) >= 11 is 0. The van der Waals surface area contributed by atoms with Crippen LogP contribution in [0.5, 0.6) is 17.2 Å². The summed E-state index contributed by atoms with van der Waals surface area (Å²) in [6, 6.07) is 10.6. The summed E-state index contributed by atoms with van der Waals surface area (Å²) in [5.74, 6) is 0.854. The van der Waals surface area contributed by atoms with Crippen LogP contribution in [0.2, 0.25) is 0 Å². The van der Waals surface area contributed by atoms with Gasteiger partial charge in [-0.1, -0.05) is 6.07 Å². The number of methoxy groups -OCH3 is 1. The van der Waals surface area contributed by atoms with Crippen molar-refractivity contribution in [1.29, 1.82) is 0 Å². The van der Waals surface area contributed by atoms with Crippen LogP contribution in [0, 0.1) is 5.92 Å². The van der Waals surface area contributed by atoms with Gasteiger partial charge in [0.1, 0.15) is 23.9 Å². The molecule has 8 heteroatoms. The number of aromatic hydroxyl groups is 1. The molecule has 0 saturated carbocycles. The van der Waals surface area contributed by atoms with Crippen LogP contribution < -0.4 is 20.3 Å². The summed E-state index contributed by atoms with van der Waals surface area (Å²) in [6.45, 7) is 8.17. The summed E-state index contributed by atoms with van der Waals surface area (Å²) < 4.78 is 23.0. The molecule has 1 amide bonds. The molecule has 0 aromatic heterocycles. The number of phenols is 1. The van der Waals surface area contributed by atoms with E-state index in [1.54, 1.807) is 25.3 Å². The second-order valence-electron chi connectivity index (χ2n) is 9.04. The summed E-state index contributed by atoms with van der Waals surface area (Å²) in [7, 11) is 1.02. The third-order valence-electron chi connectivity index (χ3n) is 6.35. The SMILES string of the molecule is COc1ccc2c(c1)C[C@H](C(=O)Nc1ccc(B3OC(C)(C)C(C)(C)O3)cc1O)CO2. The normalized spacial score (nSPS) is 21.2. The van der Waals surface area contributed by atoms with Crippen molar-refractivity contribution in [2.45, 2.75) is 45.3 Å². The van der Waals surface area contributed by atoms with Crippen molar-refractivity contribution in [3.8, 4) is 17.2 Å². The molecular weight excluding hydrogens is 397 g/mol. The number of benzene rings is 2. The largest absolute Gasteiger partial charge is 0.506 e. The molecule has 0 bridgehead atoms. The Labute approximate surface area is 182 Å². The standard InChI is InChI=1S/C23H28BNO6/c1-22(2)23(3,4)31-24(30-22)16-6-8-18(19(26)12-16)25-21(27)15-10-14-11-17(28-5)7-9-20(14)29-13-15/h6-9,11-12,15,26H,10,13H2,1-5H3,(H,25,27)/t15-/m0/s1. The minimum Gasteiger partial charge on any atom is -0.506 e. The molecule has 2 aromatic carbocycles. The minimum absolute atomic E-state index is 0.0423. The average molecular weight is 425 g/mol. The van der Waals surface area contributed by atoms with Crippen molar-refractivity contribution < 1.29 is 28.7 Å². The van der Waals surface area contributed by atoms with Gasteiger partial charge >= 0.3 is 7.12 Å². The van der Waals surface area contributed by atoms with Gasteiger partial charge in [-0.2, -0.15) is 0 Å². The van der Waals surface area contributed by atoms with Crippen LogP contribution >= 0.6 is 0 Å². The molecule has 2 heterocycles. The van der Waals surface area contributed by atoms with Gasteiger partial charge < -0.3 is 29.2 Å². The van der Waals surface area contributed by atoms with Gasteiger partial charge in [0, 0.05) is 0 Å². The fraction of sp³-hybridized carbons (Fsp3) is 0.435. The molecule has 0 radical (unpaired) electrons.